The molecule has 2 aromatic carbocycles. The molecule has 0 bridgehead atoms. The van der Waals surface area contributed by atoms with Crippen molar-refractivity contribution in [3.05, 3.63) is 53.6 Å². The summed E-state index contributed by atoms with van der Waals surface area (Å²) in [6, 6.07) is 13.7. The van der Waals surface area contributed by atoms with Gasteiger partial charge in [-0.05, 0) is 42.0 Å². The number of benzene rings is 2. The van der Waals surface area contributed by atoms with E-state index in [-0.39, 0.29) is 0 Å². The molecule has 1 saturated carbocycles. The number of methoxy groups -OCH3 is 1. The number of hydrogen-bond donors (Lipinski definition) is 1. The van der Waals surface area contributed by atoms with Crippen LogP contribution < -0.4 is 10.5 Å². The van der Waals surface area contributed by atoms with E-state index in [4.69, 9.17) is 10.5 Å². The number of carbonyl (C=O) groups is 1. The van der Waals surface area contributed by atoms with Crippen LogP contribution in [0.4, 0.5) is 0 Å². The van der Waals surface area contributed by atoms with E-state index in [9.17, 15) is 4.79 Å². The van der Waals surface area contributed by atoms with Gasteiger partial charge in [-0.25, -0.2) is 0 Å². The molecule has 3 nitrogen and oxygen atoms in total. The SMILES string of the molecule is COc1c(-c2ccc(C(N)=O)cc2)cccc1C1CCCC1. The van der Waals surface area contributed by atoms with Crippen molar-refractivity contribution in [2.24, 2.45) is 5.73 Å². The highest BCUT2D eigenvalue weighted by Gasteiger charge is 2.22. The third-order valence-corrected chi connectivity index (χ3v) is 4.53. The van der Waals surface area contributed by atoms with Crippen LogP contribution in [0, 0.1) is 0 Å². The van der Waals surface area contributed by atoms with Gasteiger partial charge in [-0.3, -0.25) is 4.79 Å². The van der Waals surface area contributed by atoms with Crippen LogP contribution in [0.2, 0.25) is 0 Å². The molecule has 0 unspecified atom stereocenters. The lowest BCUT2D eigenvalue weighted by molar-refractivity contribution is 0.100. The number of nitrogens with two attached hydrogens (primary N) is 1. The lowest BCUT2D eigenvalue weighted by Gasteiger charge is -2.18. The average Bonchev–Trinajstić information content (AvgIpc) is 3.08. The zero-order valence-electron chi connectivity index (χ0n) is 12.8. The number of primary amides is 1. The lowest BCUT2D eigenvalue weighted by atomic mass is 9.92. The predicted molar refractivity (Wildman–Crippen MR) is 88.2 cm³/mol. The molecule has 3 rings (SSSR count). The lowest BCUT2D eigenvalue weighted by Crippen LogP contribution is -2.10. The summed E-state index contributed by atoms with van der Waals surface area (Å²) in [6.07, 6.45) is 5.07. The molecule has 0 spiro atoms. The Morgan fingerprint density at radius 1 is 1.09 bits per heavy atom. The van der Waals surface area contributed by atoms with Crippen molar-refractivity contribution in [2.45, 2.75) is 31.6 Å². The molecule has 0 saturated heterocycles. The summed E-state index contributed by atoms with van der Waals surface area (Å²) >= 11 is 0. The Balaban J connectivity index is 2.02. The van der Waals surface area contributed by atoms with Crippen LogP contribution in [0.5, 0.6) is 5.75 Å². The summed E-state index contributed by atoms with van der Waals surface area (Å²) in [5.41, 5.74) is 9.24. The molecule has 0 atom stereocenters. The van der Waals surface area contributed by atoms with Gasteiger partial charge in [-0.1, -0.05) is 43.2 Å². The van der Waals surface area contributed by atoms with Gasteiger partial charge in [0.2, 0.25) is 5.91 Å². The summed E-state index contributed by atoms with van der Waals surface area (Å²) in [4.78, 5) is 11.2. The van der Waals surface area contributed by atoms with E-state index in [1.807, 2.05) is 12.1 Å². The molecule has 1 aliphatic carbocycles. The highest BCUT2D eigenvalue weighted by molar-refractivity contribution is 5.93. The van der Waals surface area contributed by atoms with E-state index < -0.39 is 5.91 Å². The van der Waals surface area contributed by atoms with Gasteiger partial charge >= 0.3 is 0 Å². The van der Waals surface area contributed by atoms with E-state index in [1.54, 1.807) is 19.2 Å². The highest BCUT2D eigenvalue weighted by Crippen LogP contribution is 2.42. The molecular weight excluding hydrogens is 274 g/mol. The van der Waals surface area contributed by atoms with Crippen LogP contribution in [-0.4, -0.2) is 13.0 Å². The molecule has 114 valence electrons. The summed E-state index contributed by atoms with van der Waals surface area (Å²) in [5, 5.41) is 0. The van der Waals surface area contributed by atoms with Gasteiger partial charge < -0.3 is 10.5 Å². The minimum Gasteiger partial charge on any atom is -0.496 e. The van der Waals surface area contributed by atoms with Crippen molar-refractivity contribution in [2.75, 3.05) is 7.11 Å². The predicted octanol–water partition coefficient (Wildman–Crippen LogP) is 4.12. The van der Waals surface area contributed by atoms with E-state index in [0.29, 0.717) is 11.5 Å². The van der Waals surface area contributed by atoms with Crippen molar-refractivity contribution in [1.82, 2.24) is 0 Å². The van der Waals surface area contributed by atoms with Crippen LogP contribution in [0.15, 0.2) is 42.5 Å². The van der Waals surface area contributed by atoms with Crippen molar-refractivity contribution in [3.8, 4) is 16.9 Å². The molecule has 3 heteroatoms. The molecule has 1 fully saturated rings. The Bertz CT molecular complexity index is 670. The number of rotatable bonds is 4. The van der Waals surface area contributed by atoms with Crippen LogP contribution in [0.1, 0.15) is 47.5 Å². The fourth-order valence-electron chi connectivity index (χ4n) is 3.38. The maximum absolute atomic E-state index is 11.2. The van der Waals surface area contributed by atoms with Crippen LogP contribution in [-0.2, 0) is 0 Å². The van der Waals surface area contributed by atoms with Gasteiger partial charge in [0.05, 0.1) is 7.11 Å². The Hall–Kier alpha value is -2.29. The fraction of sp³-hybridized carbons (Fsp3) is 0.316. The number of para-hydroxylation sites is 1. The normalized spacial score (nSPS) is 15.0. The van der Waals surface area contributed by atoms with Gasteiger partial charge in [0.25, 0.3) is 0 Å². The van der Waals surface area contributed by atoms with Gasteiger partial charge in [0.1, 0.15) is 5.75 Å². The molecule has 1 amide bonds. The molecule has 0 aliphatic heterocycles. The van der Waals surface area contributed by atoms with Crippen LogP contribution >= 0.6 is 0 Å². The third-order valence-electron chi connectivity index (χ3n) is 4.53. The Morgan fingerprint density at radius 3 is 2.36 bits per heavy atom. The molecule has 1 aliphatic rings. The van der Waals surface area contributed by atoms with Crippen molar-refractivity contribution in [3.63, 3.8) is 0 Å². The van der Waals surface area contributed by atoms with Crippen LogP contribution in [0.3, 0.4) is 0 Å². The molecule has 0 aromatic heterocycles. The van der Waals surface area contributed by atoms with Gasteiger partial charge in [-0.15, -0.1) is 0 Å². The van der Waals surface area contributed by atoms with Gasteiger partial charge in [-0.2, -0.15) is 0 Å². The summed E-state index contributed by atoms with van der Waals surface area (Å²) in [7, 11) is 1.73. The Kier molecular flexibility index (Phi) is 4.14. The quantitative estimate of drug-likeness (QED) is 0.922. The van der Waals surface area contributed by atoms with Gasteiger partial charge in [0, 0.05) is 11.1 Å². The number of carbonyl (C=O) groups excluding carboxylic acids is 1. The van der Waals surface area contributed by atoms with Crippen molar-refractivity contribution >= 4 is 5.91 Å². The Morgan fingerprint density at radius 2 is 1.77 bits per heavy atom. The van der Waals surface area contributed by atoms with E-state index in [0.717, 1.165) is 16.9 Å². The monoisotopic (exact) mass is 295 g/mol. The zero-order chi connectivity index (χ0) is 15.5. The summed E-state index contributed by atoms with van der Waals surface area (Å²) in [6.45, 7) is 0. The smallest absolute Gasteiger partial charge is 0.248 e. The average molecular weight is 295 g/mol. The topological polar surface area (TPSA) is 52.3 Å². The maximum atomic E-state index is 11.2. The zero-order valence-corrected chi connectivity index (χ0v) is 12.8. The minimum absolute atomic E-state index is 0.404. The molecule has 22 heavy (non-hydrogen) atoms. The molecular formula is C19H21NO2. The van der Waals surface area contributed by atoms with Crippen LogP contribution in [0.25, 0.3) is 11.1 Å². The molecule has 0 radical (unpaired) electrons. The first-order chi connectivity index (χ1) is 10.7. The number of hydrogen-bond acceptors (Lipinski definition) is 2. The first-order valence-electron chi connectivity index (χ1n) is 7.78. The van der Waals surface area contributed by atoms with E-state index in [1.165, 1.54) is 31.2 Å². The number of ether oxygens (including phenoxy) is 1. The first-order valence-corrected chi connectivity index (χ1v) is 7.78. The fourth-order valence-corrected chi connectivity index (χ4v) is 3.38. The van der Waals surface area contributed by atoms with E-state index in [2.05, 4.69) is 18.2 Å². The minimum atomic E-state index is -0.404. The molecule has 2 N–H and O–H groups in total. The third kappa shape index (κ3) is 2.71. The van der Waals surface area contributed by atoms with E-state index >= 15 is 0 Å². The number of amides is 1. The maximum Gasteiger partial charge on any atom is 0.248 e. The molecule has 0 heterocycles. The highest BCUT2D eigenvalue weighted by atomic mass is 16.5. The standard InChI is InChI=1S/C19H21NO2/c1-22-18-16(13-5-2-3-6-13)7-4-8-17(18)14-9-11-15(12-10-14)19(20)21/h4,7-13H,2-3,5-6H2,1H3,(H2,20,21). The second-order valence-electron chi connectivity index (χ2n) is 5.85. The second kappa shape index (κ2) is 6.22. The van der Waals surface area contributed by atoms with Crippen molar-refractivity contribution < 1.29 is 9.53 Å². The largest absolute Gasteiger partial charge is 0.496 e. The summed E-state index contributed by atoms with van der Waals surface area (Å²) in [5.74, 6) is 1.15. The van der Waals surface area contributed by atoms with Gasteiger partial charge in [0.15, 0.2) is 0 Å². The second-order valence-corrected chi connectivity index (χ2v) is 5.85. The molecule has 2 aromatic rings. The first kappa shape index (κ1) is 14.6. The Labute approximate surface area is 131 Å². The van der Waals surface area contributed by atoms with Crippen molar-refractivity contribution in [1.29, 1.82) is 0 Å². The summed E-state index contributed by atoms with van der Waals surface area (Å²) < 4.78 is 5.73.